The summed E-state index contributed by atoms with van der Waals surface area (Å²) in [5.41, 5.74) is 2.67. The molecular formula is C9H13IN-. The van der Waals surface area contributed by atoms with Gasteiger partial charge in [-0.15, -0.1) is 0 Å². The van der Waals surface area contributed by atoms with Gasteiger partial charge < -0.3 is 0 Å². The van der Waals surface area contributed by atoms with Gasteiger partial charge in [-0.05, 0) is 0 Å². The van der Waals surface area contributed by atoms with Crippen molar-refractivity contribution in [3.8, 4) is 0 Å². The van der Waals surface area contributed by atoms with Crippen molar-refractivity contribution >= 4 is 5.69 Å². The van der Waals surface area contributed by atoms with E-state index in [0.29, 0.717) is 0 Å². The van der Waals surface area contributed by atoms with Crippen molar-refractivity contribution in [2.24, 2.45) is 0 Å². The second-order valence-corrected chi connectivity index (χ2v) is 4.89. The Labute approximate surface area is 79.0 Å². The number of anilines is 1. The second-order valence-electron chi connectivity index (χ2n) is 2.48. The van der Waals surface area contributed by atoms with Gasteiger partial charge in [-0.2, -0.15) is 0 Å². The topological polar surface area (TPSA) is 3.24 Å². The summed E-state index contributed by atoms with van der Waals surface area (Å²) in [4.78, 5) is 2.26. The van der Waals surface area contributed by atoms with Crippen molar-refractivity contribution in [1.82, 2.24) is 0 Å². The Balaban J connectivity index is 2.81. The van der Waals surface area contributed by atoms with Crippen LogP contribution in [-0.2, 0) is 0 Å². The number of aryl methyl sites for hydroxylation is 1. The molecule has 0 fully saturated rings. The number of hydrogen-bond donors (Lipinski definition) is 0. The summed E-state index contributed by atoms with van der Waals surface area (Å²) in [5.74, 6) is 0. The number of benzene rings is 1. The van der Waals surface area contributed by atoms with E-state index < -0.39 is 0 Å². The SMILES string of the molecule is C[I-]N(C)c1ccc(C)cc1. The Bertz CT molecular complexity index is 218. The minimum absolute atomic E-state index is 0.189. The fourth-order valence-electron chi connectivity index (χ4n) is 0.848. The molecule has 0 amide bonds. The number of hydrogen-bond acceptors (Lipinski definition) is 1. The van der Waals surface area contributed by atoms with Gasteiger partial charge in [-0.25, -0.2) is 0 Å². The van der Waals surface area contributed by atoms with E-state index in [1.165, 1.54) is 11.3 Å². The Morgan fingerprint density at radius 1 is 1.18 bits per heavy atom. The fraction of sp³-hybridized carbons (Fsp3) is 0.333. The Kier molecular flexibility index (Phi) is 3.17. The zero-order chi connectivity index (χ0) is 8.27. The van der Waals surface area contributed by atoms with Gasteiger partial charge in [0.2, 0.25) is 0 Å². The van der Waals surface area contributed by atoms with Crippen LogP contribution in [0.3, 0.4) is 0 Å². The molecule has 1 rings (SSSR count). The standard InChI is InChI=1S/C9H13IN/c1-8-4-6-9(7-5-8)11(3)10-2/h4-7H,1-3H3/q-1. The number of alkyl halides is 1. The molecule has 0 heterocycles. The summed E-state index contributed by atoms with van der Waals surface area (Å²) < 4.78 is 2.33. The average Bonchev–Trinajstić information content (AvgIpc) is 2.05. The van der Waals surface area contributed by atoms with Crippen LogP contribution in [-0.4, -0.2) is 12.0 Å². The third-order valence-electron chi connectivity index (χ3n) is 1.64. The van der Waals surface area contributed by atoms with E-state index in [9.17, 15) is 0 Å². The van der Waals surface area contributed by atoms with Crippen LogP contribution in [0.25, 0.3) is 0 Å². The molecule has 1 aromatic rings. The molecule has 0 aliphatic heterocycles. The molecule has 2 heteroatoms. The van der Waals surface area contributed by atoms with Crippen LogP contribution in [0.2, 0.25) is 0 Å². The van der Waals surface area contributed by atoms with Crippen molar-refractivity contribution in [3.63, 3.8) is 0 Å². The first-order chi connectivity index (χ1) is 5.24. The van der Waals surface area contributed by atoms with E-state index in [1.807, 2.05) is 0 Å². The van der Waals surface area contributed by atoms with Crippen LogP contribution in [0, 0.1) is 6.92 Å². The van der Waals surface area contributed by atoms with Crippen LogP contribution >= 0.6 is 0 Å². The Morgan fingerprint density at radius 3 is 2.18 bits per heavy atom. The van der Waals surface area contributed by atoms with Gasteiger partial charge in [-0.1, -0.05) is 0 Å². The van der Waals surface area contributed by atoms with Crippen LogP contribution in [0.15, 0.2) is 24.3 Å². The zero-order valence-corrected chi connectivity index (χ0v) is 9.29. The molecule has 0 aliphatic carbocycles. The van der Waals surface area contributed by atoms with Crippen molar-refractivity contribution in [1.29, 1.82) is 0 Å². The van der Waals surface area contributed by atoms with Gasteiger partial charge in [0.05, 0.1) is 0 Å². The van der Waals surface area contributed by atoms with E-state index in [-0.39, 0.29) is 21.5 Å². The van der Waals surface area contributed by atoms with Gasteiger partial charge in [-0.3, -0.25) is 0 Å². The third-order valence-corrected chi connectivity index (χ3v) is 3.65. The quantitative estimate of drug-likeness (QED) is 0.378. The van der Waals surface area contributed by atoms with Crippen LogP contribution in [0.1, 0.15) is 5.56 Å². The summed E-state index contributed by atoms with van der Waals surface area (Å²) >= 11 is 0.189. The third kappa shape index (κ3) is 2.36. The average molecular weight is 262 g/mol. The predicted molar refractivity (Wildman–Crippen MR) is 45.5 cm³/mol. The van der Waals surface area contributed by atoms with Gasteiger partial charge in [0.15, 0.2) is 0 Å². The van der Waals surface area contributed by atoms with Crippen molar-refractivity contribution < 1.29 is 21.5 Å². The van der Waals surface area contributed by atoms with Gasteiger partial charge in [0, 0.05) is 0 Å². The second kappa shape index (κ2) is 3.95. The molecule has 0 bridgehead atoms. The monoisotopic (exact) mass is 262 g/mol. The molecule has 0 atom stereocenters. The predicted octanol–water partition coefficient (Wildman–Crippen LogP) is -0.935. The summed E-state index contributed by atoms with van der Waals surface area (Å²) in [6.45, 7) is 2.12. The molecule has 0 unspecified atom stereocenters. The Morgan fingerprint density at radius 2 is 1.73 bits per heavy atom. The van der Waals surface area contributed by atoms with Crippen LogP contribution in [0.5, 0.6) is 0 Å². The summed E-state index contributed by atoms with van der Waals surface area (Å²) in [7, 11) is 2.15. The summed E-state index contributed by atoms with van der Waals surface area (Å²) in [6.07, 6.45) is 0. The number of rotatable bonds is 2. The van der Waals surface area contributed by atoms with E-state index in [0.717, 1.165) is 0 Å². The van der Waals surface area contributed by atoms with E-state index >= 15 is 0 Å². The molecule has 0 saturated carbocycles. The van der Waals surface area contributed by atoms with Gasteiger partial charge in [0.25, 0.3) is 0 Å². The number of halogens is 1. The minimum atomic E-state index is 0.189. The molecule has 0 N–H and O–H groups in total. The van der Waals surface area contributed by atoms with Gasteiger partial charge >= 0.3 is 79.0 Å². The maximum absolute atomic E-state index is 2.33. The summed E-state index contributed by atoms with van der Waals surface area (Å²) in [6, 6.07) is 8.67. The molecule has 1 nitrogen and oxygen atoms in total. The molecular weight excluding hydrogens is 249 g/mol. The van der Waals surface area contributed by atoms with Crippen molar-refractivity contribution in [3.05, 3.63) is 29.8 Å². The van der Waals surface area contributed by atoms with Crippen LogP contribution < -0.4 is 24.6 Å². The first-order valence-corrected chi connectivity index (χ1v) is 6.66. The molecule has 0 radical (unpaired) electrons. The molecule has 0 spiro atoms. The molecule has 62 valence electrons. The van der Waals surface area contributed by atoms with Crippen molar-refractivity contribution in [2.45, 2.75) is 6.92 Å². The first kappa shape index (κ1) is 8.84. The molecule has 1 aromatic carbocycles. The molecule has 11 heavy (non-hydrogen) atoms. The van der Waals surface area contributed by atoms with Crippen molar-refractivity contribution in [2.75, 3.05) is 15.1 Å². The van der Waals surface area contributed by atoms with E-state index in [4.69, 9.17) is 0 Å². The number of nitrogens with zero attached hydrogens (tertiary/aromatic N) is 1. The van der Waals surface area contributed by atoms with E-state index in [2.05, 4.69) is 46.3 Å². The molecule has 0 aromatic heterocycles. The normalized spacial score (nSPS) is 10.1. The van der Waals surface area contributed by atoms with E-state index in [1.54, 1.807) is 0 Å². The van der Waals surface area contributed by atoms with Crippen LogP contribution in [0.4, 0.5) is 5.69 Å². The Hall–Kier alpha value is -0.250. The van der Waals surface area contributed by atoms with Gasteiger partial charge in [0.1, 0.15) is 0 Å². The molecule has 0 saturated heterocycles. The zero-order valence-electron chi connectivity index (χ0n) is 7.13. The first-order valence-electron chi connectivity index (χ1n) is 3.54. The maximum atomic E-state index is 2.33. The fourth-order valence-corrected chi connectivity index (χ4v) is 1.73. The molecule has 0 aliphatic rings. The summed E-state index contributed by atoms with van der Waals surface area (Å²) in [5, 5.41) is 0.